The van der Waals surface area contributed by atoms with Gasteiger partial charge in [0.25, 0.3) is 5.91 Å². The quantitative estimate of drug-likeness (QED) is 0.651. The van der Waals surface area contributed by atoms with E-state index in [9.17, 15) is 4.79 Å². The van der Waals surface area contributed by atoms with Gasteiger partial charge in [0.2, 0.25) is 0 Å². The number of carbonyl (C=O) groups is 1. The molecule has 0 saturated carbocycles. The van der Waals surface area contributed by atoms with Gasteiger partial charge in [-0.1, -0.05) is 0 Å². The van der Waals surface area contributed by atoms with Crippen LogP contribution in [0.5, 0.6) is 0 Å². The van der Waals surface area contributed by atoms with Gasteiger partial charge in [0.15, 0.2) is 0 Å². The molecule has 2 fully saturated rings. The van der Waals surface area contributed by atoms with Crippen molar-refractivity contribution in [2.45, 2.75) is 37.8 Å². The van der Waals surface area contributed by atoms with Crippen molar-refractivity contribution >= 4 is 5.91 Å². The maximum atomic E-state index is 11.9. The Balaban J connectivity index is 1.89. The number of likely N-dealkylation sites (tertiary alicyclic amines) is 1. The molecule has 0 aromatic rings. The predicted molar refractivity (Wildman–Crippen MR) is 52.8 cm³/mol. The van der Waals surface area contributed by atoms with E-state index in [0.717, 1.165) is 38.8 Å². The van der Waals surface area contributed by atoms with Crippen LogP contribution in [0.2, 0.25) is 0 Å². The van der Waals surface area contributed by atoms with Gasteiger partial charge >= 0.3 is 0 Å². The van der Waals surface area contributed by atoms with E-state index in [2.05, 4.69) is 0 Å². The van der Waals surface area contributed by atoms with Gasteiger partial charge in [-0.25, -0.2) is 0 Å². The van der Waals surface area contributed by atoms with Crippen molar-refractivity contribution < 1.29 is 9.53 Å². The summed E-state index contributed by atoms with van der Waals surface area (Å²) in [6.07, 6.45) is 3.77. The maximum absolute atomic E-state index is 11.9. The normalized spacial score (nSPS) is 33.4. The topological polar surface area (TPSA) is 55.6 Å². The molecular weight excluding hydrogens is 180 g/mol. The number of nitrogens with two attached hydrogens (primary N) is 1. The monoisotopic (exact) mass is 198 g/mol. The molecule has 0 radical (unpaired) electrons. The van der Waals surface area contributed by atoms with Crippen LogP contribution in [-0.4, -0.2) is 42.6 Å². The van der Waals surface area contributed by atoms with Crippen molar-refractivity contribution in [2.24, 2.45) is 5.73 Å². The van der Waals surface area contributed by atoms with Crippen LogP contribution in [0, 0.1) is 0 Å². The number of nitrogens with zero attached hydrogens (tertiary/aromatic N) is 1. The first-order valence-corrected chi connectivity index (χ1v) is 5.43. The lowest BCUT2D eigenvalue weighted by Gasteiger charge is -2.32. The van der Waals surface area contributed by atoms with Gasteiger partial charge in [-0.2, -0.15) is 0 Å². The summed E-state index contributed by atoms with van der Waals surface area (Å²) in [7, 11) is 0. The van der Waals surface area contributed by atoms with E-state index < -0.39 is 0 Å². The first-order valence-electron chi connectivity index (χ1n) is 5.43. The van der Waals surface area contributed by atoms with Crippen LogP contribution in [0.15, 0.2) is 0 Å². The number of rotatable bonds is 1. The third-order valence-electron chi connectivity index (χ3n) is 2.97. The Morgan fingerprint density at radius 2 is 2.21 bits per heavy atom. The largest absolute Gasteiger partial charge is 0.368 e. The zero-order valence-electron chi connectivity index (χ0n) is 8.45. The van der Waals surface area contributed by atoms with Gasteiger partial charge in [0, 0.05) is 25.7 Å². The Kier molecular flexibility index (Phi) is 3.03. The molecule has 4 heteroatoms. The van der Waals surface area contributed by atoms with E-state index in [1.807, 2.05) is 4.90 Å². The Bertz CT molecular complexity index is 214. The first-order chi connectivity index (χ1) is 6.77. The SMILES string of the molecule is N[C@@H]1CCCN(C(=O)[C@H]2CCCO2)C1. The summed E-state index contributed by atoms with van der Waals surface area (Å²) in [5.74, 6) is 0.151. The number of amides is 1. The summed E-state index contributed by atoms with van der Waals surface area (Å²) in [6.45, 7) is 2.29. The highest BCUT2D eigenvalue weighted by Gasteiger charge is 2.30. The Labute approximate surface area is 84.4 Å². The summed E-state index contributed by atoms with van der Waals surface area (Å²) in [5, 5.41) is 0. The lowest BCUT2D eigenvalue weighted by molar-refractivity contribution is -0.142. The van der Waals surface area contributed by atoms with E-state index in [0.29, 0.717) is 6.54 Å². The molecule has 1 amide bonds. The average Bonchev–Trinajstić information content (AvgIpc) is 2.69. The highest BCUT2D eigenvalue weighted by Crippen LogP contribution is 2.17. The van der Waals surface area contributed by atoms with E-state index in [1.54, 1.807) is 0 Å². The molecule has 2 saturated heterocycles. The van der Waals surface area contributed by atoms with Crippen molar-refractivity contribution in [1.29, 1.82) is 0 Å². The number of hydrogen-bond donors (Lipinski definition) is 1. The lowest BCUT2D eigenvalue weighted by Crippen LogP contribution is -2.49. The minimum Gasteiger partial charge on any atom is -0.368 e. The van der Waals surface area contributed by atoms with Crippen LogP contribution in [-0.2, 0) is 9.53 Å². The van der Waals surface area contributed by atoms with Gasteiger partial charge in [0.1, 0.15) is 6.10 Å². The fraction of sp³-hybridized carbons (Fsp3) is 0.900. The summed E-state index contributed by atoms with van der Waals surface area (Å²) in [5.41, 5.74) is 5.83. The minimum atomic E-state index is -0.180. The van der Waals surface area contributed by atoms with E-state index in [4.69, 9.17) is 10.5 Å². The lowest BCUT2D eigenvalue weighted by atomic mass is 10.1. The van der Waals surface area contributed by atoms with Crippen molar-refractivity contribution in [3.05, 3.63) is 0 Å². The molecule has 2 N–H and O–H groups in total. The molecule has 0 aromatic carbocycles. The molecule has 2 aliphatic heterocycles. The molecule has 0 unspecified atom stereocenters. The minimum absolute atomic E-state index is 0.151. The molecule has 2 heterocycles. The number of carbonyl (C=O) groups excluding carboxylic acids is 1. The highest BCUT2D eigenvalue weighted by molar-refractivity contribution is 5.81. The summed E-state index contributed by atoms with van der Waals surface area (Å²) in [4.78, 5) is 13.8. The molecule has 14 heavy (non-hydrogen) atoms. The number of piperidine rings is 1. The smallest absolute Gasteiger partial charge is 0.251 e. The van der Waals surface area contributed by atoms with Crippen LogP contribution in [0.4, 0.5) is 0 Å². The molecule has 0 spiro atoms. The molecule has 2 rings (SSSR count). The van der Waals surface area contributed by atoms with Crippen molar-refractivity contribution in [3.63, 3.8) is 0 Å². The Morgan fingerprint density at radius 1 is 1.36 bits per heavy atom. The molecule has 0 aliphatic carbocycles. The second kappa shape index (κ2) is 4.28. The van der Waals surface area contributed by atoms with Crippen LogP contribution in [0.1, 0.15) is 25.7 Å². The molecule has 80 valence electrons. The summed E-state index contributed by atoms with van der Waals surface area (Å²) in [6, 6.07) is 0.161. The van der Waals surface area contributed by atoms with Crippen LogP contribution in [0.25, 0.3) is 0 Å². The fourth-order valence-electron chi connectivity index (χ4n) is 2.19. The van der Waals surface area contributed by atoms with E-state index in [-0.39, 0.29) is 18.1 Å². The Hall–Kier alpha value is -0.610. The van der Waals surface area contributed by atoms with Crippen LogP contribution >= 0.6 is 0 Å². The van der Waals surface area contributed by atoms with Gasteiger partial charge in [-0.3, -0.25) is 4.79 Å². The number of hydrogen-bond acceptors (Lipinski definition) is 3. The molecule has 0 bridgehead atoms. The third-order valence-corrected chi connectivity index (χ3v) is 2.97. The van der Waals surface area contributed by atoms with Crippen LogP contribution < -0.4 is 5.73 Å². The summed E-state index contributed by atoms with van der Waals surface area (Å²) < 4.78 is 5.37. The zero-order chi connectivity index (χ0) is 9.97. The number of ether oxygens (including phenoxy) is 1. The fourth-order valence-corrected chi connectivity index (χ4v) is 2.19. The Morgan fingerprint density at radius 3 is 2.86 bits per heavy atom. The van der Waals surface area contributed by atoms with E-state index in [1.165, 1.54) is 0 Å². The van der Waals surface area contributed by atoms with Gasteiger partial charge in [0.05, 0.1) is 0 Å². The zero-order valence-corrected chi connectivity index (χ0v) is 8.45. The predicted octanol–water partition coefficient (Wildman–Crippen LogP) is 0.115. The third kappa shape index (κ3) is 2.07. The first kappa shape index (κ1) is 9.93. The standard InChI is InChI=1S/C10H18N2O2/c11-8-3-1-5-12(7-8)10(13)9-4-2-6-14-9/h8-9H,1-7,11H2/t8-,9-/m1/s1. The van der Waals surface area contributed by atoms with Crippen molar-refractivity contribution in [1.82, 2.24) is 4.90 Å². The van der Waals surface area contributed by atoms with Gasteiger partial charge < -0.3 is 15.4 Å². The molecule has 2 atom stereocenters. The van der Waals surface area contributed by atoms with Gasteiger partial charge in [-0.15, -0.1) is 0 Å². The van der Waals surface area contributed by atoms with Crippen LogP contribution in [0.3, 0.4) is 0 Å². The average molecular weight is 198 g/mol. The second-order valence-electron chi connectivity index (χ2n) is 4.19. The van der Waals surface area contributed by atoms with E-state index >= 15 is 0 Å². The van der Waals surface area contributed by atoms with Gasteiger partial charge in [-0.05, 0) is 25.7 Å². The van der Waals surface area contributed by atoms with Crippen molar-refractivity contribution in [2.75, 3.05) is 19.7 Å². The molecule has 2 aliphatic rings. The molecule has 0 aromatic heterocycles. The summed E-state index contributed by atoms with van der Waals surface area (Å²) >= 11 is 0. The maximum Gasteiger partial charge on any atom is 0.251 e. The van der Waals surface area contributed by atoms with Crippen molar-refractivity contribution in [3.8, 4) is 0 Å². The highest BCUT2D eigenvalue weighted by atomic mass is 16.5. The molecular formula is C10H18N2O2. The second-order valence-corrected chi connectivity index (χ2v) is 4.19. The molecule has 4 nitrogen and oxygen atoms in total.